The van der Waals surface area contributed by atoms with Crippen LogP contribution >= 0.6 is 23.1 Å². The number of nitrogens with one attached hydrogen (secondary N) is 2. The number of benzene rings is 1. The van der Waals surface area contributed by atoms with Crippen molar-refractivity contribution >= 4 is 54.9 Å². The zero-order valence-corrected chi connectivity index (χ0v) is 21.5. The average Bonchev–Trinajstić information content (AvgIpc) is 3.44. The maximum Gasteiger partial charge on any atom is 0.240 e. The van der Waals surface area contributed by atoms with Crippen LogP contribution in [-0.2, 0) is 27.7 Å². The van der Waals surface area contributed by atoms with Crippen molar-refractivity contribution in [3.05, 3.63) is 41.0 Å². The molecule has 0 radical (unpaired) electrons. The third-order valence-corrected chi connectivity index (χ3v) is 10.2. The third-order valence-electron chi connectivity index (χ3n) is 6.52. The molecular formula is C24H28N4O3S3. The second-order valence-electron chi connectivity index (χ2n) is 9.17. The lowest BCUT2D eigenvalue weighted by molar-refractivity contribution is -0.113. The standard InChI is InChI=1S/C24H28N4O3S3/c1-15-6-11-19-20(12-15)33-24-22(19)23(25-14-26-24)32-13-21(29)27-16-7-9-18(10-8-16)34(30,31)28-17-4-2-3-5-17/h7-10,14-15,17,28H,2-6,11-13H2,1H3,(H,27,29). The monoisotopic (exact) mass is 516 g/mol. The Morgan fingerprint density at radius 1 is 1.15 bits per heavy atom. The van der Waals surface area contributed by atoms with E-state index in [0.29, 0.717) is 11.6 Å². The molecule has 2 aliphatic rings. The number of hydrogen-bond donors (Lipinski definition) is 2. The summed E-state index contributed by atoms with van der Waals surface area (Å²) in [6, 6.07) is 6.35. The number of carbonyl (C=O) groups is 1. The first-order valence-electron chi connectivity index (χ1n) is 11.7. The summed E-state index contributed by atoms with van der Waals surface area (Å²) in [7, 11) is -3.54. The Kier molecular flexibility index (Phi) is 6.92. The van der Waals surface area contributed by atoms with E-state index < -0.39 is 10.0 Å². The Morgan fingerprint density at radius 3 is 2.68 bits per heavy atom. The Bertz CT molecular complexity index is 1300. The first kappa shape index (κ1) is 23.7. The van der Waals surface area contributed by atoms with Gasteiger partial charge in [0.15, 0.2) is 0 Å². The number of rotatable bonds is 7. The van der Waals surface area contributed by atoms with E-state index in [9.17, 15) is 13.2 Å². The minimum absolute atomic E-state index is 0.0203. The van der Waals surface area contributed by atoms with Crippen LogP contribution in [0.2, 0.25) is 0 Å². The summed E-state index contributed by atoms with van der Waals surface area (Å²) in [5.41, 5.74) is 1.92. The zero-order chi connectivity index (χ0) is 23.7. The van der Waals surface area contributed by atoms with Crippen molar-refractivity contribution in [2.45, 2.75) is 67.8 Å². The summed E-state index contributed by atoms with van der Waals surface area (Å²) in [4.78, 5) is 24.2. The molecule has 7 nitrogen and oxygen atoms in total. The Morgan fingerprint density at radius 2 is 1.91 bits per heavy atom. The second-order valence-corrected chi connectivity index (χ2v) is 12.9. The maximum atomic E-state index is 12.6. The molecule has 1 unspecified atom stereocenters. The number of nitrogens with zero attached hydrogens (tertiary/aromatic N) is 2. The predicted molar refractivity (Wildman–Crippen MR) is 137 cm³/mol. The summed E-state index contributed by atoms with van der Waals surface area (Å²) in [6.45, 7) is 2.28. The first-order valence-corrected chi connectivity index (χ1v) is 15.0. The summed E-state index contributed by atoms with van der Waals surface area (Å²) in [5, 5.41) is 4.82. The highest BCUT2D eigenvalue weighted by atomic mass is 32.2. The first-order chi connectivity index (χ1) is 16.4. The third kappa shape index (κ3) is 5.15. The highest BCUT2D eigenvalue weighted by Gasteiger charge is 2.24. The molecule has 1 aromatic carbocycles. The van der Waals surface area contributed by atoms with Gasteiger partial charge in [-0.15, -0.1) is 11.3 Å². The van der Waals surface area contributed by atoms with Crippen LogP contribution in [0, 0.1) is 5.92 Å². The Labute approximate surface area is 208 Å². The Hall–Kier alpha value is -2.01. The lowest BCUT2D eigenvalue weighted by Gasteiger charge is -2.18. The van der Waals surface area contributed by atoms with Crippen LogP contribution in [0.25, 0.3) is 10.2 Å². The molecule has 2 aliphatic carbocycles. The van der Waals surface area contributed by atoms with E-state index in [-0.39, 0.29) is 22.6 Å². The molecule has 0 bridgehead atoms. The van der Waals surface area contributed by atoms with Crippen LogP contribution in [-0.4, -0.2) is 36.1 Å². The molecule has 5 rings (SSSR count). The van der Waals surface area contributed by atoms with Gasteiger partial charge in [-0.2, -0.15) is 0 Å². The topological polar surface area (TPSA) is 101 Å². The molecular weight excluding hydrogens is 488 g/mol. The number of anilines is 1. The zero-order valence-electron chi connectivity index (χ0n) is 19.0. The average molecular weight is 517 g/mol. The number of aromatic nitrogens is 2. The fourth-order valence-corrected chi connectivity index (χ4v) is 8.28. The molecule has 180 valence electrons. The van der Waals surface area contributed by atoms with Crippen molar-refractivity contribution in [2.24, 2.45) is 5.92 Å². The molecule has 2 aromatic heterocycles. The number of carbonyl (C=O) groups excluding carboxylic acids is 1. The van der Waals surface area contributed by atoms with Gasteiger partial charge in [0.2, 0.25) is 15.9 Å². The number of aryl methyl sites for hydroxylation is 1. The molecule has 2 heterocycles. The predicted octanol–water partition coefficient (Wildman–Crippen LogP) is 4.77. The van der Waals surface area contributed by atoms with Crippen molar-refractivity contribution in [1.82, 2.24) is 14.7 Å². The van der Waals surface area contributed by atoms with E-state index in [0.717, 1.165) is 53.8 Å². The number of thiophene rings is 1. The lowest BCUT2D eigenvalue weighted by Crippen LogP contribution is -2.32. The molecule has 1 saturated carbocycles. The smallest absolute Gasteiger partial charge is 0.240 e. The van der Waals surface area contributed by atoms with Crippen LogP contribution in [0.1, 0.15) is 49.5 Å². The van der Waals surface area contributed by atoms with Crippen LogP contribution < -0.4 is 10.0 Å². The van der Waals surface area contributed by atoms with E-state index in [1.807, 2.05) is 0 Å². The molecule has 1 fully saturated rings. The number of sulfonamides is 1. The van der Waals surface area contributed by atoms with E-state index in [1.54, 1.807) is 29.8 Å². The largest absolute Gasteiger partial charge is 0.325 e. The summed E-state index contributed by atoms with van der Waals surface area (Å²) in [6.07, 6.45) is 8.76. The minimum atomic E-state index is -3.54. The number of fused-ring (bicyclic) bond motifs is 3. The molecule has 3 aromatic rings. The fraction of sp³-hybridized carbons (Fsp3) is 0.458. The normalized spacial score (nSPS) is 18.8. The van der Waals surface area contributed by atoms with Gasteiger partial charge in [0.05, 0.1) is 10.6 Å². The highest BCUT2D eigenvalue weighted by molar-refractivity contribution is 8.00. The van der Waals surface area contributed by atoms with Gasteiger partial charge in [-0.3, -0.25) is 4.79 Å². The second kappa shape index (κ2) is 9.93. The van der Waals surface area contributed by atoms with Gasteiger partial charge >= 0.3 is 0 Å². The number of amides is 1. The molecule has 34 heavy (non-hydrogen) atoms. The molecule has 1 amide bonds. The van der Waals surface area contributed by atoms with Crippen LogP contribution in [0.5, 0.6) is 0 Å². The molecule has 10 heteroatoms. The molecule has 0 saturated heterocycles. The van der Waals surface area contributed by atoms with Crippen LogP contribution in [0.3, 0.4) is 0 Å². The van der Waals surface area contributed by atoms with Crippen molar-refractivity contribution in [2.75, 3.05) is 11.1 Å². The highest BCUT2D eigenvalue weighted by Crippen LogP contribution is 2.40. The van der Waals surface area contributed by atoms with Crippen LogP contribution in [0.4, 0.5) is 5.69 Å². The van der Waals surface area contributed by atoms with Gasteiger partial charge in [0, 0.05) is 22.0 Å². The lowest BCUT2D eigenvalue weighted by atomic mass is 9.89. The van der Waals surface area contributed by atoms with Gasteiger partial charge < -0.3 is 5.32 Å². The molecule has 0 spiro atoms. The quantitative estimate of drug-likeness (QED) is 0.347. The molecule has 0 aliphatic heterocycles. The summed E-state index contributed by atoms with van der Waals surface area (Å²) in [5.74, 6) is 0.751. The maximum absolute atomic E-state index is 12.6. The van der Waals surface area contributed by atoms with E-state index >= 15 is 0 Å². The minimum Gasteiger partial charge on any atom is -0.325 e. The SMILES string of the molecule is CC1CCc2c(sc3ncnc(SCC(=O)Nc4ccc(S(=O)(=O)NC5CCCC5)cc4)c23)C1. The van der Waals surface area contributed by atoms with E-state index in [1.165, 1.54) is 40.8 Å². The van der Waals surface area contributed by atoms with Crippen LogP contribution in [0.15, 0.2) is 40.5 Å². The van der Waals surface area contributed by atoms with Crippen molar-refractivity contribution in [1.29, 1.82) is 0 Å². The van der Waals surface area contributed by atoms with Gasteiger partial charge in [-0.1, -0.05) is 31.5 Å². The summed E-state index contributed by atoms with van der Waals surface area (Å²) < 4.78 is 27.9. The van der Waals surface area contributed by atoms with Gasteiger partial charge in [-0.05, 0) is 67.9 Å². The van der Waals surface area contributed by atoms with Gasteiger partial charge in [0.25, 0.3) is 0 Å². The number of hydrogen-bond acceptors (Lipinski definition) is 7. The van der Waals surface area contributed by atoms with E-state index in [2.05, 4.69) is 26.9 Å². The van der Waals surface area contributed by atoms with Crippen molar-refractivity contribution in [3.8, 4) is 0 Å². The number of thioether (sulfide) groups is 1. The van der Waals surface area contributed by atoms with Crippen molar-refractivity contribution in [3.63, 3.8) is 0 Å². The fourth-order valence-electron chi connectivity index (χ4n) is 4.74. The van der Waals surface area contributed by atoms with Crippen molar-refractivity contribution < 1.29 is 13.2 Å². The van der Waals surface area contributed by atoms with Gasteiger partial charge in [-0.25, -0.2) is 23.1 Å². The van der Waals surface area contributed by atoms with Gasteiger partial charge in [0.1, 0.15) is 16.2 Å². The summed E-state index contributed by atoms with van der Waals surface area (Å²) >= 11 is 3.17. The molecule has 2 N–H and O–H groups in total. The Balaban J connectivity index is 1.22. The van der Waals surface area contributed by atoms with E-state index in [4.69, 9.17) is 0 Å². The molecule has 1 atom stereocenters.